The highest BCUT2D eigenvalue weighted by molar-refractivity contribution is 8.16. The fourth-order valence-electron chi connectivity index (χ4n) is 0.987. The Kier molecular flexibility index (Phi) is 3.52. The van der Waals surface area contributed by atoms with E-state index in [1.807, 2.05) is 6.26 Å². The molecule has 1 aliphatic rings. The third-order valence-electron chi connectivity index (χ3n) is 1.69. The third-order valence-corrected chi connectivity index (χ3v) is 4.56. The largest absolute Gasteiger partial charge is 0.389 e. The normalized spacial score (nSPS) is 45.8. The number of rotatable bonds is 1. The van der Waals surface area contributed by atoms with Crippen molar-refractivity contribution >= 4 is 23.5 Å². The Balaban J connectivity index is 2.52. The minimum absolute atomic E-state index is 0.00611. The predicted octanol–water partition coefficient (Wildman–Crippen LogP) is -0.495. The standard InChI is InChI=1S/C6H12O3S2/c1-10-6-5(9)4(8)3(7)2-11-6/h3-9H,2H2,1H3/t3-,4+,5-,6-/m1/s1. The number of hydrogen-bond donors (Lipinski definition) is 3. The van der Waals surface area contributed by atoms with Crippen LogP contribution in [-0.4, -0.2) is 50.2 Å². The van der Waals surface area contributed by atoms with Gasteiger partial charge in [0.1, 0.15) is 12.2 Å². The molecule has 1 fully saturated rings. The molecule has 0 aliphatic carbocycles. The highest BCUT2D eigenvalue weighted by Crippen LogP contribution is 2.32. The van der Waals surface area contributed by atoms with Gasteiger partial charge in [-0.2, -0.15) is 0 Å². The lowest BCUT2D eigenvalue weighted by Gasteiger charge is -2.33. The lowest BCUT2D eigenvalue weighted by atomic mass is 10.1. The van der Waals surface area contributed by atoms with Gasteiger partial charge in [0.25, 0.3) is 0 Å². The lowest BCUT2D eigenvalue weighted by Crippen LogP contribution is -2.47. The van der Waals surface area contributed by atoms with Crippen molar-refractivity contribution in [2.75, 3.05) is 12.0 Å². The van der Waals surface area contributed by atoms with E-state index in [1.165, 1.54) is 23.5 Å². The Labute approximate surface area is 74.2 Å². The van der Waals surface area contributed by atoms with Gasteiger partial charge in [0.05, 0.1) is 10.7 Å². The maximum atomic E-state index is 9.36. The fourth-order valence-corrected chi connectivity index (χ4v) is 3.15. The first kappa shape index (κ1) is 9.67. The Morgan fingerprint density at radius 1 is 1.27 bits per heavy atom. The minimum Gasteiger partial charge on any atom is -0.389 e. The van der Waals surface area contributed by atoms with Gasteiger partial charge in [-0.15, -0.1) is 23.5 Å². The molecule has 66 valence electrons. The van der Waals surface area contributed by atoms with Crippen LogP contribution in [0, 0.1) is 0 Å². The molecule has 0 saturated carbocycles. The molecular formula is C6H12O3S2. The molecule has 1 heterocycles. The maximum absolute atomic E-state index is 9.36. The van der Waals surface area contributed by atoms with E-state index in [0.717, 1.165) is 0 Å². The SMILES string of the molecule is CS[C@@H]1SC[C@@H](O)[C@H](O)[C@H]1O. The Bertz CT molecular complexity index is 131. The molecule has 0 aromatic carbocycles. The van der Waals surface area contributed by atoms with Crippen molar-refractivity contribution in [1.82, 2.24) is 0 Å². The molecule has 0 aromatic rings. The van der Waals surface area contributed by atoms with Crippen LogP contribution in [0.3, 0.4) is 0 Å². The lowest BCUT2D eigenvalue weighted by molar-refractivity contribution is -0.0473. The highest BCUT2D eigenvalue weighted by atomic mass is 32.2. The monoisotopic (exact) mass is 196 g/mol. The molecule has 1 aliphatic heterocycles. The van der Waals surface area contributed by atoms with Crippen molar-refractivity contribution in [2.24, 2.45) is 0 Å². The van der Waals surface area contributed by atoms with Gasteiger partial charge in [-0.1, -0.05) is 0 Å². The zero-order valence-electron chi connectivity index (χ0n) is 6.17. The molecule has 0 aromatic heterocycles. The van der Waals surface area contributed by atoms with Crippen molar-refractivity contribution in [3.8, 4) is 0 Å². The van der Waals surface area contributed by atoms with Crippen LogP contribution in [0.2, 0.25) is 0 Å². The molecule has 5 heteroatoms. The first-order valence-corrected chi connectivity index (χ1v) is 5.69. The van der Waals surface area contributed by atoms with Gasteiger partial charge in [-0.3, -0.25) is 0 Å². The quantitative estimate of drug-likeness (QED) is 0.528. The Morgan fingerprint density at radius 3 is 2.45 bits per heavy atom. The summed E-state index contributed by atoms with van der Waals surface area (Å²) in [5.41, 5.74) is 0. The smallest absolute Gasteiger partial charge is 0.108 e. The van der Waals surface area contributed by atoms with Crippen LogP contribution >= 0.6 is 23.5 Å². The Morgan fingerprint density at radius 2 is 1.91 bits per heavy atom. The van der Waals surface area contributed by atoms with Gasteiger partial charge in [0.2, 0.25) is 0 Å². The van der Waals surface area contributed by atoms with E-state index in [1.54, 1.807) is 0 Å². The number of hydrogen-bond acceptors (Lipinski definition) is 5. The van der Waals surface area contributed by atoms with Crippen LogP contribution in [0.4, 0.5) is 0 Å². The summed E-state index contributed by atoms with van der Waals surface area (Å²) in [5, 5.41) is 27.7. The second kappa shape index (κ2) is 4.00. The number of aliphatic hydroxyl groups is 3. The second-order valence-corrected chi connectivity index (χ2v) is 4.94. The number of thioether (sulfide) groups is 2. The molecule has 0 amide bonds. The summed E-state index contributed by atoms with van der Waals surface area (Å²) < 4.78 is -0.00611. The van der Waals surface area contributed by atoms with Crippen LogP contribution in [0.15, 0.2) is 0 Å². The van der Waals surface area contributed by atoms with Gasteiger partial charge < -0.3 is 15.3 Å². The van der Waals surface area contributed by atoms with E-state index in [0.29, 0.717) is 5.75 Å². The van der Waals surface area contributed by atoms with Crippen molar-refractivity contribution in [3.05, 3.63) is 0 Å². The zero-order chi connectivity index (χ0) is 8.43. The van der Waals surface area contributed by atoms with E-state index in [-0.39, 0.29) is 4.58 Å². The summed E-state index contributed by atoms with van der Waals surface area (Å²) in [4.78, 5) is 0. The van der Waals surface area contributed by atoms with Crippen LogP contribution < -0.4 is 0 Å². The molecule has 0 spiro atoms. The summed E-state index contributed by atoms with van der Waals surface area (Å²) in [6.45, 7) is 0. The maximum Gasteiger partial charge on any atom is 0.108 e. The average molecular weight is 196 g/mol. The van der Waals surface area contributed by atoms with Crippen LogP contribution in [0.25, 0.3) is 0 Å². The van der Waals surface area contributed by atoms with E-state index in [4.69, 9.17) is 5.11 Å². The number of aliphatic hydroxyl groups excluding tert-OH is 3. The van der Waals surface area contributed by atoms with Crippen LogP contribution in [0.5, 0.6) is 0 Å². The van der Waals surface area contributed by atoms with Gasteiger partial charge in [0, 0.05) is 5.75 Å². The van der Waals surface area contributed by atoms with Gasteiger partial charge in [-0.25, -0.2) is 0 Å². The molecule has 1 saturated heterocycles. The van der Waals surface area contributed by atoms with Crippen molar-refractivity contribution in [3.63, 3.8) is 0 Å². The summed E-state index contributed by atoms with van der Waals surface area (Å²) in [5.74, 6) is 0.504. The van der Waals surface area contributed by atoms with Crippen molar-refractivity contribution in [1.29, 1.82) is 0 Å². The van der Waals surface area contributed by atoms with Crippen molar-refractivity contribution < 1.29 is 15.3 Å². The molecule has 1 rings (SSSR count). The van der Waals surface area contributed by atoms with E-state index in [2.05, 4.69) is 0 Å². The molecular weight excluding hydrogens is 184 g/mol. The second-order valence-electron chi connectivity index (χ2n) is 2.49. The first-order valence-electron chi connectivity index (χ1n) is 3.35. The highest BCUT2D eigenvalue weighted by Gasteiger charge is 2.36. The van der Waals surface area contributed by atoms with Crippen molar-refractivity contribution in [2.45, 2.75) is 22.9 Å². The molecule has 0 unspecified atom stereocenters. The molecule has 0 radical (unpaired) electrons. The molecule has 0 bridgehead atoms. The molecule has 4 atom stereocenters. The summed E-state index contributed by atoms with van der Waals surface area (Å²) >= 11 is 2.99. The van der Waals surface area contributed by atoms with E-state index in [9.17, 15) is 10.2 Å². The van der Waals surface area contributed by atoms with Gasteiger partial charge in [-0.05, 0) is 6.26 Å². The average Bonchev–Trinajstić information content (AvgIpc) is 2.01. The fraction of sp³-hybridized carbons (Fsp3) is 1.00. The first-order chi connectivity index (χ1) is 5.16. The van der Waals surface area contributed by atoms with E-state index < -0.39 is 18.3 Å². The van der Waals surface area contributed by atoms with E-state index >= 15 is 0 Å². The summed E-state index contributed by atoms with van der Waals surface area (Å²) in [7, 11) is 0. The molecule has 3 N–H and O–H groups in total. The van der Waals surface area contributed by atoms with Gasteiger partial charge in [0.15, 0.2) is 0 Å². The topological polar surface area (TPSA) is 60.7 Å². The van der Waals surface area contributed by atoms with Crippen LogP contribution in [0.1, 0.15) is 0 Å². The summed E-state index contributed by atoms with van der Waals surface area (Å²) in [6.07, 6.45) is -0.684. The molecule has 11 heavy (non-hydrogen) atoms. The predicted molar refractivity (Wildman–Crippen MR) is 47.8 cm³/mol. The van der Waals surface area contributed by atoms with Gasteiger partial charge >= 0.3 is 0 Å². The van der Waals surface area contributed by atoms with Crippen LogP contribution in [-0.2, 0) is 0 Å². The third kappa shape index (κ3) is 2.03. The minimum atomic E-state index is -0.978. The molecule has 3 nitrogen and oxygen atoms in total. The Hall–Kier alpha value is 0.580. The summed E-state index contributed by atoms with van der Waals surface area (Å²) in [6, 6.07) is 0. The zero-order valence-corrected chi connectivity index (χ0v) is 7.81.